The molecule has 0 bridgehead atoms. The molecule has 136 valence electrons. The van der Waals surface area contributed by atoms with Gasteiger partial charge in [-0.2, -0.15) is 0 Å². The minimum atomic E-state index is -0.341. The molecule has 0 spiro atoms. The number of aromatic nitrogens is 2. The van der Waals surface area contributed by atoms with E-state index >= 15 is 0 Å². The topological polar surface area (TPSA) is 64.0 Å². The minimum absolute atomic E-state index is 0.0824. The Hall–Kier alpha value is -3.32. The number of ketones is 1. The van der Waals surface area contributed by atoms with Crippen molar-refractivity contribution in [2.24, 2.45) is 0 Å². The van der Waals surface area contributed by atoms with E-state index in [0.717, 1.165) is 4.47 Å². The highest BCUT2D eigenvalue weighted by atomic mass is 79.9. The molecule has 5 nitrogen and oxygen atoms in total. The number of benzene rings is 3. The molecule has 1 aliphatic heterocycles. The Morgan fingerprint density at radius 1 is 1.00 bits per heavy atom. The summed E-state index contributed by atoms with van der Waals surface area (Å²) in [6.07, 6.45) is 0. The molecule has 0 amide bonds. The molecule has 3 aromatic carbocycles. The molecule has 1 aromatic heterocycles. The molecule has 4 aromatic rings. The van der Waals surface area contributed by atoms with Crippen LogP contribution in [0.3, 0.4) is 0 Å². The Labute approximate surface area is 166 Å². The Morgan fingerprint density at radius 3 is 2.57 bits per heavy atom. The maximum absolute atomic E-state index is 13.2. The van der Waals surface area contributed by atoms with Gasteiger partial charge in [-0.1, -0.05) is 22.0 Å². The number of nitrogens with one attached hydrogen (secondary N) is 1. The van der Waals surface area contributed by atoms with E-state index in [1.165, 1.54) is 16.7 Å². The zero-order chi connectivity index (χ0) is 19.4. The van der Waals surface area contributed by atoms with Gasteiger partial charge < -0.3 is 5.32 Å². The van der Waals surface area contributed by atoms with Gasteiger partial charge in [0, 0.05) is 10.2 Å². The lowest BCUT2D eigenvalue weighted by molar-refractivity contribution is 0.103. The van der Waals surface area contributed by atoms with Crippen LogP contribution in [0.5, 0.6) is 0 Å². The number of para-hydroxylation sites is 1. The SMILES string of the molecule is O=C1c2cc(Br)ccc2-n2c1nc1c(Nc3ccc(F)cc3)cccc1c2=O. The molecule has 0 saturated heterocycles. The highest BCUT2D eigenvalue weighted by Gasteiger charge is 2.30. The van der Waals surface area contributed by atoms with E-state index in [1.807, 2.05) is 0 Å². The second-order valence-corrected chi connectivity index (χ2v) is 7.32. The first-order valence-corrected chi connectivity index (χ1v) is 9.25. The number of halogens is 2. The smallest absolute Gasteiger partial charge is 0.266 e. The third-order valence-corrected chi connectivity index (χ3v) is 5.16. The number of carbonyl (C=O) groups is 1. The molecule has 0 atom stereocenters. The summed E-state index contributed by atoms with van der Waals surface area (Å²) in [6, 6.07) is 16.2. The first kappa shape index (κ1) is 16.8. The van der Waals surface area contributed by atoms with Crippen molar-refractivity contribution >= 4 is 44.0 Å². The van der Waals surface area contributed by atoms with Crippen LogP contribution in [0.2, 0.25) is 0 Å². The highest BCUT2D eigenvalue weighted by Crippen LogP contribution is 2.31. The summed E-state index contributed by atoms with van der Waals surface area (Å²) in [5.41, 5.74) is 2.26. The van der Waals surface area contributed by atoms with Crippen molar-refractivity contribution in [2.45, 2.75) is 0 Å². The lowest BCUT2D eigenvalue weighted by Gasteiger charge is -2.11. The van der Waals surface area contributed by atoms with Crippen LogP contribution in [0.15, 0.2) is 69.9 Å². The van der Waals surface area contributed by atoms with E-state index < -0.39 is 0 Å². The summed E-state index contributed by atoms with van der Waals surface area (Å²) < 4.78 is 15.3. The Bertz CT molecular complexity index is 1350. The molecule has 2 heterocycles. The maximum Gasteiger partial charge on any atom is 0.266 e. The first-order chi connectivity index (χ1) is 13.5. The fourth-order valence-electron chi connectivity index (χ4n) is 3.38. The van der Waals surface area contributed by atoms with E-state index in [0.29, 0.717) is 33.5 Å². The zero-order valence-corrected chi connectivity index (χ0v) is 15.8. The van der Waals surface area contributed by atoms with Crippen molar-refractivity contribution in [3.63, 3.8) is 0 Å². The van der Waals surface area contributed by atoms with Gasteiger partial charge in [0.2, 0.25) is 5.78 Å². The summed E-state index contributed by atoms with van der Waals surface area (Å²) in [4.78, 5) is 30.5. The van der Waals surface area contributed by atoms with E-state index in [2.05, 4.69) is 26.2 Å². The quantitative estimate of drug-likeness (QED) is 0.440. The van der Waals surface area contributed by atoms with Crippen molar-refractivity contribution in [1.29, 1.82) is 0 Å². The van der Waals surface area contributed by atoms with Crippen LogP contribution >= 0.6 is 15.9 Å². The number of carbonyl (C=O) groups excluding carboxylic acids is 1. The fraction of sp³-hybridized carbons (Fsp3) is 0. The predicted octanol–water partition coefficient (Wildman–Crippen LogP) is 4.58. The Balaban J connectivity index is 1.73. The zero-order valence-electron chi connectivity index (χ0n) is 14.2. The standard InChI is InChI=1S/C21H11BrFN3O2/c22-11-4-9-17-15(10-11)19(27)20-25-18-14(21(28)26(17)20)2-1-3-16(18)24-13-7-5-12(23)6-8-13/h1-10,24H. The van der Waals surface area contributed by atoms with Gasteiger partial charge in [-0.05, 0) is 54.6 Å². The molecule has 1 N–H and O–H groups in total. The predicted molar refractivity (Wildman–Crippen MR) is 108 cm³/mol. The number of hydrogen-bond donors (Lipinski definition) is 1. The van der Waals surface area contributed by atoms with Gasteiger partial charge in [0.15, 0.2) is 5.82 Å². The minimum Gasteiger partial charge on any atom is -0.354 e. The van der Waals surface area contributed by atoms with E-state index in [1.54, 1.807) is 48.5 Å². The van der Waals surface area contributed by atoms with Crippen molar-refractivity contribution in [1.82, 2.24) is 9.55 Å². The largest absolute Gasteiger partial charge is 0.354 e. The molecular weight excluding hydrogens is 425 g/mol. The average molecular weight is 436 g/mol. The number of rotatable bonds is 2. The van der Waals surface area contributed by atoms with Gasteiger partial charge in [0.1, 0.15) is 11.3 Å². The van der Waals surface area contributed by atoms with Crippen molar-refractivity contribution in [3.05, 3.63) is 92.7 Å². The van der Waals surface area contributed by atoms with E-state index in [9.17, 15) is 14.0 Å². The second kappa shape index (κ2) is 6.10. The number of fused-ring (bicyclic) bond motifs is 4. The first-order valence-electron chi connectivity index (χ1n) is 8.46. The van der Waals surface area contributed by atoms with Crippen LogP contribution in [-0.2, 0) is 0 Å². The summed E-state index contributed by atoms with van der Waals surface area (Å²) in [5, 5.41) is 3.53. The van der Waals surface area contributed by atoms with E-state index in [-0.39, 0.29) is 23.0 Å². The van der Waals surface area contributed by atoms with Crippen molar-refractivity contribution in [3.8, 4) is 5.69 Å². The summed E-state index contributed by atoms with van der Waals surface area (Å²) in [5.74, 6) is -0.557. The third-order valence-electron chi connectivity index (χ3n) is 4.67. The normalized spacial score (nSPS) is 12.1. The molecule has 0 aliphatic carbocycles. The van der Waals surface area contributed by atoms with Crippen LogP contribution in [0, 0.1) is 5.82 Å². The van der Waals surface area contributed by atoms with Gasteiger partial charge in [-0.3, -0.25) is 14.2 Å². The molecular formula is C21H11BrFN3O2. The lowest BCUT2D eigenvalue weighted by atomic mass is 10.1. The molecule has 1 aliphatic rings. The maximum atomic E-state index is 13.2. The number of hydrogen-bond acceptors (Lipinski definition) is 4. The van der Waals surface area contributed by atoms with Gasteiger partial charge in [-0.15, -0.1) is 0 Å². The third kappa shape index (κ3) is 2.47. The van der Waals surface area contributed by atoms with Crippen LogP contribution in [-0.4, -0.2) is 15.3 Å². The number of anilines is 2. The molecule has 0 unspecified atom stereocenters. The van der Waals surface area contributed by atoms with Crippen LogP contribution < -0.4 is 10.9 Å². The molecule has 28 heavy (non-hydrogen) atoms. The Kier molecular flexibility index (Phi) is 3.67. The highest BCUT2D eigenvalue weighted by molar-refractivity contribution is 9.10. The van der Waals surface area contributed by atoms with E-state index in [4.69, 9.17) is 0 Å². The molecule has 5 rings (SSSR count). The Morgan fingerprint density at radius 2 is 1.79 bits per heavy atom. The molecule has 0 fully saturated rings. The molecule has 0 radical (unpaired) electrons. The van der Waals surface area contributed by atoms with Crippen LogP contribution in [0.4, 0.5) is 15.8 Å². The van der Waals surface area contributed by atoms with Gasteiger partial charge >= 0.3 is 0 Å². The molecule has 0 saturated carbocycles. The monoisotopic (exact) mass is 435 g/mol. The van der Waals surface area contributed by atoms with Gasteiger partial charge in [-0.25, -0.2) is 9.37 Å². The molecule has 7 heteroatoms. The summed E-state index contributed by atoms with van der Waals surface area (Å²) in [7, 11) is 0. The summed E-state index contributed by atoms with van der Waals surface area (Å²) >= 11 is 3.36. The van der Waals surface area contributed by atoms with Crippen LogP contribution in [0.1, 0.15) is 16.2 Å². The fourth-order valence-corrected chi connectivity index (χ4v) is 3.74. The van der Waals surface area contributed by atoms with Crippen molar-refractivity contribution in [2.75, 3.05) is 5.32 Å². The second-order valence-electron chi connectivity index (χ2n) is 6.40. The lowest BCUT2D eigenvalue weighted by Crippen LogP contribution is -2.21. The number of nitrogens with zero attached hydrogens (tertiary/aromatic N) is 2. The van der Waals surface area contributed by atoms with Gasteiger partial charge in [0.05, 0.1) is 22.3 Å². The summed E-state index contributed by atoms with van der Waals surface area (Å²) in [6.45, 7) is 0. The average Bonchev–Trinajstić information content (AvgIpc) is 2.96. The van der Waals surface area contributed by atoms with Gasteiger partial charge in [0.25, 0.3) is 5.56 Å². The van der Waals surface area contributed by atoms with Crippen molar-refractivity contribution < 1.29 is 9.18 Å². The van der Waals surface area contributed by atoms with Crippen LogP contribution in [0.25, 0.3) is 16.6 Å².